The summed E-state index contributed by atoms with van der Waals surface area (Å²) in [5, 5.41) is 9.32. The van der Waals surface area contributed by atoms with E-state index in [0.717, 1.165) is 47.8 Å². The molecule has 148 valence electrons. The predicted molar refractivity (Wildman–Crippen MR) is 115 cm³/mol. The zero-order valence-corrected chi connectivity index (χ0v) is 17.8. The molecule has 2 nitrogen and oxygen atoms in total. The summed E-state index contributed by atoms with van der Waals surface area (Å²) in [6.45, 7) is 11.6. The highest BCUT2D eigenvalue weighted by Crippen LogP contribution is 2.26. The monoisotopic (exact) mass is 368 g/mol. The Morgan fingerprint density at radius 2 is 1.52 bits per heavy atom. The van der Waals surface area contributed by atoms with Crippen LogP contribution in [0.3, 0.4) is 0 Å². The molecule has 2 aromatic rings. The van der Waals surface area contributed by atoms with Crippen LogP contribution in [0.25, 0.3) is 0 Å². The third-order valence-electron chi connectivity index (χ3n) is 5.50. The summed E-state index contributed by atoms with van der Waals surface area (Å²) >= 11 is 0. The fourth-order valence-electron chi connectivity index (χ4n) is 3.93. The van der Waals surface area contributed by atoms with Crippen molar-refractivity contribution in [2.45, 2.75) is 73.3 Å². The average molecular weight is 369 g/mol. The number of ether oxygens (including phenoxy) is 1. The lowest BCUT2D eigenvalue weighted by atomic mass is 9.90. The highest BCUT2D eigenvalue weighted by molar-refractivity contribution is 5.43. The highest BCUT2D eigenvalue weighted by atomic mass is 16.5. The molecule has 0 fully saturated rings. The van der Waals surface area contributed by atoms with Crippen molar-refractivity contribution in [3.05, 3.63) is 63.7 Å². The lowest BCUT2D eigenvalue weighted by Crippen LogP contribution is -2.08. The maximum atomic E-state index is 9.32. The molecule has 2 aromatic carbocycles. The van der Waals surface area contributed by atoms with E-state index in [4.69, 9.17) is 4.74 Å². The van der Waals surface area contributed by atoms with Gasteiger partial charge in [0.2, 0.25) is 0 Å². The van der Waals surface area contributed by atoms with E-state index < -0.39 is 0 Å². The quantitative estimate of drug-likeness (QED) is 0.504. The van der Waals surface area contributed by atoms with Crippen molar-refractivity contribution in [1.29, 1.82) is 0 Å². The van der Waals surface area contributed by atoms with E-state index in [9.17, 15) is 5.11 Å². The molecule has 0 aliphatic carbocycles. The van der Waals surface area contributed by atoms with Crippen LogP contribution >= 0.6 is 0 Å². The lowest BCUT2D eigenvalue weighted by molar-refractivity contribution is 0.277. The van der Waals surface area contributed by atoms with E-state index in [1.54, 1.807) is 0 Å². The largest absolute Gasteiger partial charge is 0.493 e. The van der Waals surface area contributed by atoms with Crippen LogP contribution in [0.15, 0.2) is 30.3 Å². The van der Waals surface area contributed by atoms with Gasteiger partial charge in [0.1, 0.15) is 5.75 Å². The van der Waals surface area contributed by atoms with Crippen LogP contribution in [-0.2, 0) is 13.0 Å². The van der Waals surface area contributed by atoms with Gasteiger partial charge in [-0.05, 0) is 86.3 Å². The van der Waals surface area contributed by atoms with Gasteiger partial charge < -0.3 is 9.84 Å². The second kappa shape index (κ2) is 10.5. The molecule has 0 saturated heterocycles. The Bertz CT molecular complexity index is 710. The number of aliphatic hydroxyl groups is 1. The first-order valence-electron chi connectivity index (χ1n) is 10.3. The molecule has 0 amide bonds. The highest BCUT2D eigenvalue weighted by Gasteiger charge is 2.11. The lowest BCUT2D eigenvalue weighted by Gasteiger charge is -2.18. The second-order valence-electron chi connectivity index (χ2n) is 7.98. The first-order valence-corrected chi connectivity index (χ1v) is 10.3. The van der Waals surface area contributed by atoms with E-state index in [2.05, 4.69) is 52.8 Å². The Morgan fingerprint density at radius 1 is 0.852 bits per heavy atom. The van der Waals surface area contributed by atoms with Crippen molar-refractivity contribution in [3.63, 3.8) is 0 Å². The van der Waals surface area contributed by atoms with Crippen molar-refractivity contribution >= 4 is 0 Å². The number of rotatable bonds is 10. The SMILES string of the molecule is CCC[C@H](CCCOc1c(C)cc(CO)cc1C)Cc1ccc(C)c(C)c1. The molecule has 1 N–H and O–H groups in total. The van der Waals surface area contributed by atoms with Gasteiger partial charge in [0.15, 0.2) is 0 Å². The summed E-state index contributed by atoms with van der Waals surface area (Å²) in [7, 11) is 0. The van der Waals surface area contributed by atoms with Crippen LogP contribution in [-0.4, -0.2) is 11.7 Å². The fraction of sp³-hybridized carbons (Fsp3) is 0.520. The number of hydrogen-bond acceptors (Lipinski definition) is 2. The maximum absolute atomic E-state index is 9.32. The van der Waals surface area contributed by atoms with Crippen LogP contribution in [0.2, 0.25) is 0 Å². The zero-order chi connectivity index (χ0) is 19.8. The Balaban J connectivity index is 1.88. The van der Waals surface area contributed by atoms with Crippen molar-refractivity contribution in [2.75, 3.05) is 6.61 Å². The van der Waals surface area contributed by atoms with Crippen LogP contribution in [0, 0.1) is 33.6 Å². The van der Waals surface area contributed by atoms with Gasteiger partial charge in [0.25, 0.3) is 0 Å². The Hall–Kier alpha value is -1.80. The zero-order valence-electron chi connectivity index (χ0n) is 17.8. The molecule has 0 aliphatic heterocycles. The fourth-order valence-corrected chi connectivity index (χ4v) is 3.93. The van der Waals surface area contributed by atoms with Crippen LogP contribution < -0.4 is 4.74 Å². The van der Waals surface area contributed by atoms with Crippen molar-refractivity contribution in [3.8, 4) is 5.75 Å². The molecular weight excluding hydrogens is 332 g/mol. The molecule has 0 spiro atoms. The van der Waals surface area contributed by atoms with Crippen molar-refractivity contribution in [2.24, 2.45) is 5.92 Å². The van der Waals surface area contributed by atoms with Crippen molar-refractivity contribution in [1.82, 2.24) is 0 Å². The van der Waals surface area contributed by atoms with E-state index in [1.165, 1.54) is 36.0 Å². The number of benzene rings is 2. The van der Waals surface area contributed by atoms with Gasteiger partial charge in [0, 0.05) is 0 Å². The van der Waals surface area contributed by atoms with Gasteiger partial charge >= 0.3 is 0 Å². The third kappa shape index (κ3) is 6.39. The normalized spacial score (nSPS) is 12.2. The first kappa shape index (κ1) is 21.5. The summed E-state index contributed by atoms with van der Waals surface area (Å²) in [6, 6.07) is 10.9. The minimum Gasteiger partial charge on any atom is -0.493 e. The standard InChI is InChI=1S/C25H36O2/c1-6-8-22(16-23-11-10-18(2)19(3)13-23)9-7-12-27-25-20(4)14-24(17-26)15-21(25)5/h10-11,13-15,22,26H,6-9,12,16-17H2,1-5H3/t22-/m1/s1. The van der Waals surface area contributed by atoms with Crippen LogP contribution in [0.4, 0.5) is 0 Å². The summed E-state index contributed by atoms with van der Waals surface area (Å²) in [6.07, 6.45) is 5.95. The number of aryl methyl sites for hydroxylation is 4. The molecular formula is C25H36O2. The molecule has 0 heterocycles. The topological polar surface area (TPSA) is 29.5 Å². The van der Waals surface area contributed by atoms with E-state index in [0.29, 0.717) is 0 Å². The molecule has 0 bridgehead atoms. The summed E-state index contributed by atoms with van der Waals surface area (Å²) in [5.74, 6) is 1.70. The van der Waals surface area contributed by atoms with E-state index in [1.807, 2.05) is 12.1 Å². The van der Waals surface area contributed by atoms with Gasteiger partial charge in [-0.3, -0.25) is 0 Å². The van der Waals surface area contributed by atoms with Gasteiger partial charge in [0.05, 0.1) is 13.2 Å². The Morgan fingerprint density at radius 3 is 2.11 bits per heavy atom. The molecule has 2 rings (SSSR count). The minimum absolute atomic E-state index is 0.0825. The molecule has 27 heavy (non-hydrogen) atoms. The molecule has 0 saturated carbocycles. The van der Waals surface area contributed by atoms with Gasteiger partial charge in [-0.2, -0.15) is 0 Å². The summed E-state index contributed by atoms with van der Waals surface area (Å²) in [5.41, 5.74) is 7.40. The van der Waals surface area contributed by atoms with Crippen molar-refractivity contribution < 1.29 is 9.84 Å². The maximum Gasteiger partial charge on any atom is 0.125 e. The number of aliphatic hydroxyl groups excluding tert-OH is 1. The molecule has 0 radical (unpaired) electrons. The third-order valence-corrected chi connectivity index (χ3v) is 5.50. The minimum atomic E-state index is 0.0825. The van der Waals surface area contributed by atoms with E-state index in [-0.39, 0.29) is 6.61 Å². The van der Waals surface area contributed by atoms with Gasteiger partial charge in [-0.25, -0.2) is 0 Å². The second-order valence-corrected chi connectivity index (χ2v) is 7.98. The molecule has 1 atom stereocenters. The predicted octanol–water partition coefficient (Wildman–Crippen LogP) is 6.23. The Labute approximate surface area is 165 Å². The van der Waals surface area contributed by atoms with E-state index >= 15 is 0 Å². The van der Waals surface area contributed by atoms with Crippen LogP contribution in [0.5, 0.6) is 5.75 Å². The smallest absolute Gasteiger partial charge is 0.125 e. The molecule has 0 aromatic heterocycles. The molecule has 2 heteroatoms. The van der Waals surface area contributed by atoms with Gasteiger partial charge in [-0.15, -0.1) is 0 Å². The first-order chi connectivity index (χ1) is 12.9. The molecule has 0 aliphatic rings. The number of hydrogen-bond donors (Lipinski definition) is 1. The van der Waals surface area contributed by atoms with Crippen LogP contribution in [0.1, 0.15) is 66.0 Å². The summed E-state index contributed by atoms with van der Waals surface area (Å²) < 4.78 is 6.10. The Kier molecular flexibility index (Phi) is 8.37. The molecule has 0 unspecified atom stereocenters. The average Bonchev–Trinajstić information content (AvgIpc) is 2.63. The summed E-state index contributed by atoms with van der Waals surface area (Å²) in [4.78, 5) is 0. The van der Waals surface area contributed by atoms with Gasteiger partial charge in [-0.1, -0.05) is 50.1 Å².